The van der Waals surface area contributed by atoms with Gasteiger partial charge in [-0.15, -0.1) is 0 Å². The smallest absolute Gasteiger partial charge is 0.231 e. The Morgan fingerprint density at radius 2 is 2.08 bits per heavy atom. The van der Waals surface area contributed by atoms with Gasteiger partial charge in [0.2, 0.25) is 6.79 Å². The maximum Gasteiger partial charge on any atom is 0.231 e. The molecule has 5 nitrogen and oxygen atoms in total. The highest BCUT2D eigenvalue weighted by atomic mass is 16.7. The zero-order valence-electron chi connectivity index (χ0n) is 13.8. The van der Waals surface area contributed by atoms with Crippen LogP contribution in [-0.2, 0) is 6.54 Å². The van der Waals surface area contributed by atoms with Gasteiger partial charge in [0.15, 0.2) is 11.5 Å². The number of hydrogen-bond acceptors (Lipinski definition) is 5. The molecule has 2 aliphatic heterocycles. The Morgan fingerprint density at radius 1 is 1.17 bits per heavy atom. The number of rotatable bonds is 4. The fraction of sp³-hybridized carbons (Fsp3) is 0.368. The summed E-state index contributed by atoms with van der Waals surface area (Å²) in [7, 11) is 1.73. The van der Waals surface area contributed by atoms with E-state index in [0.717, 1.165) is 43.4 Å². The molecule has 1 unspecified atom stereocenters. The van der Waals surface area contributed by atoms with Gasteiger partial charge in [-0.1, -0.05) is 30.3 Å². The van der Waals surface area contributed by atoms with E-state index in [1.165, 1.54) is 11.1 Å². The summed E-state index contributed by atoms with van der Waals surface area (Å²) >= 11 is 0. The second-order valence-electron chi connectivity index (χ2n) is 6.08. The number of piperazine rings is 1. The van der Waals surface area contributed by atoms with Crippen LogP contribution >= 0.6 is 0 Å². The highest BCUT2D eigenvalue weighted by molar-refractivity contribution is 5.48. The SMILES string of the molecule is COc1ccccc1C1CNCCN1Cc1cccc2c1OCO2. The van der Waals surface area contributed by atoms with Crippen LogP contribution in [0.4, 0.5) is 0 Å². The number of nitrogens with one attached hydrogen (secondary N) is 1. The van der Waals surface area contributed by atoms with E-state index < -0.39 is 0 Å². The Morgan fingerprint density at radius 3 is 3.00 bits per heavy atom. The molecule has 126 valence electrons. The van der Waals surface area contributed by atoms with Crippen molar-refractivity contribution in [1.29, 1.82) is 0 Å². The van der Waals surface area contributed by atoms with Crippen molar-refractivity contribution in [3.8, 4) is 17.2 Å². The van der Waals surface area contributed by atoms with Crippen LogP contribution in [0.25, 0.3) is 0 Å². The van der Waals surface area contributed by atoms with Crippen LogP contribution in [0, 0.1) is 0 Å². The monoisotopic (exact) mass is 326 g/mol. The second kappa shape index (κ2) is 6.71. The summed E-state index contributed by atoms with van der Waals surface area (Å²) in [5.41, 5.74) is 2.39. The number of nitrogens with zero attached hydrogens (tertiary/aromatic N) is 1. The zero-order chi connectivity index (χ0) is 16.4. The van der Waals surface area contributed by atoms with E-state index in [4.69, 9.17) is 14.2 Å². The van der Waals surface area contributed by atoms with Gasteiger partial charge in [0.1, 0.15) is 5.75 Å². The Labute approximate surface area is 142 Å². The minimum absolute atomic E-state index is 0.271. The molecular weight excluding hydrogens is 304 g/mol. The summed E-state index contributed by atoms with van der Waals surface area (Å²) in [6.07, 6.45) is 0. The van der Waals surface area contributed by atoms with Gasteiger partial charge in [-0.2, -0.15) is 0 Å². The number of para-hydroxylation sites is 2. The average molecular weight is 326 g/mol. The van der Waals surface area contributed by atoms with Gasteiger partial charge in [-0.25, -0.2) is 0 Å². The van der Waals surface area contributed by atoms with E-state index >= 15 is 0 Å². The fourth-order valence-electron chi connectivity index (χ4n) is 3.52. The Kier molecular flexibility index (Phi) is 4.28. The summed E-state index contributed by atoms with van der Waals surface area (Å²) in [6, 6.07) is 14.6. The predicted molar refractivity (Wildman–Crippen MR) is 91.6 cm³/mol. The molecule has 0 radical (unpaired) electrons. The molecule has 1 fully saturated rings. The number of hydrogen-bond donors (Lipinski definition) is 1. The number of benzene rings is 2. The molecule has 24 heavy (non-hydrogen) atoms. The van der Waals surface area contributed by atoms with E-state index in [1.54, 1.807) is 7.11 Å². The highest BCUT2D eigenvalue weighted by Crippen LogP contribution is 2.38. The largest absolute Gasteiger partial charge is 0.496 e. The van der Waals surface area contributed by atoms with Crippen LogP contribution in [0.5, 0.6) is 17.2 Å². The van der Waals surface area contributed by atoms with Gasteiger partial charge < -0.3 is 19.5 Å². The van der Waals surface area contributed by atoms with Crippen LogP contribution in [0.15, 0.2) is 42.5 Å². The molecule has 0 saturated carbocycles. The molecule has 0 bridgehead atoms. The lowest BCUT2D eigenvalue weighted by Crippen LogP contribution is -2.45. The summed E-state index contributed by atoms with van der Waals surface area (Å²) < 4.78 is 16.7. The van der Waals surface area contributed by atoms with E-state index in [2.05, 4.69) is 28.4 Å². The molecule has 0 amide bonds. The van der Waals surface area contributed by atoms with Crippen molar-refractivity contribution in [3.05, 3.63) is 53.6 Å². The topological polar surface area (TPSA) is 43.0 Å². The molecule has 5 heteroatoms. The maximum atomic E-state index is 5.67. The van der Waals surface area contributed by atoms with E-state index in [0.29, 0.717) is 6.79 Å². The summed E-state index contributed by atoms with van der Waals surface area (Å²) in [5.74, 6) is 2.67. The molecular formula is C19H22N2O3. The molecule has 1 N–H and O–H groups in total. The van der Waals surface area contributed by atoms with E-state index in [-0.39, 0.29) is 6.04 Å². The average Bonchev–Trinajstić information content (AvgIpc) is 3.12. The fourth-order valence-corrected chi connectivity index (χ4v) is 3.52. The third kappa shape index (κ3) is 2.81. The molecule has 1 saturated heterocycles. The molecule has 0 aliphatic carbocycles. The van der Waals surface area contributed by atoms with Crippen molar-refractivity contribution in [2.75, 3.05) is 33.5 Å². The van der Waals surface area contributed by atoms with Crippen molar-refractivity contribution >= 4 is 0 Å². The van der Waals surface area contributed by atoms with Crippen molar-refractivity contribution in [2.24, 2.45) is 0 Å². The van der Waals surface area contributed by atoms with E-state index in [1.807, 2.05) is 24.3 Å². The first-order valence-corrected chi connectivity index (χ1v) is 8.32. The maximum absolute atomic E-state index is 5.67. The van der Waals surface area contributed by atoms with Crippen molar-refractivity contribution in [3.63, 3.8) is 0 Å². The summed E-state index contributed by atoms with van der Waals surface area (Å²) in [5, 5.41) is 3.50. The van der Waals surface area contributed by atoms with Gasteiger partial charge in [0.05, 0.1) is 13.2 Å². The first-order chi connectivity index (χ1) is 11.9. The van der Waals surface area contributed by atoms with Crippen molar-refractivity contribution in [1.82, 2.24) is 10.2 Å². The van der Waals surface area contributed by atoms with Crippen LogP contribution < -0.4 is 19.5 Å². The highest BCUT2D eigenvalue weighted by Gasteiger charge is 2.28. The third-order valence-corrected chi connectivity index (χ3v) is 4.70. The van der Waals surface area contributed by atoms with Gasteiger partial charge >= 0.3 is 0 Å². The number of fused-ring (bicyclic) bond motifs is 1. The minimum atomic E-state index is 0.271. The first kappa shape index (κ1) is 15.3. The van der Waals surface area contributed by atoms with Crippen LogP contribution in [-0.4, -0.2) is 38.4 Å². The molecule has 0 spiro atoms. The van der Waals surface area contributed by atoms with Gasteiger partial charge in [-0.3, -0.25) is 4.90 Å². The van der Waals surface area contributed by atoms with Crippen LogP contribution in [0.3, 0.4) is 0 Å². The quantitative estimate of drug-likeness (QED) is 0.935. The minimum Gasteiger partial charge on any atom is -0.496 e. The molecule has 4 rings (SSSR count). The Hall–Kier alpha value is -2.24. The summed E-state index contributed by atoms with van der Waals surface area (Å²) in [4.78, 5) is 2.48. The first-order valence-electron chi connectivity index (χ1n) is 8.32. The van der Waals surface area contributed by atoms with Crippen molar-refractivity contribution < 1.29 is 14.2 Å². The predicted octanol–water partition coefficient (Wildman–Crippen LogP) is 2.57. The molecule has 2 aromatic rings. The normalized spacial score (nSPS) is 20.1. The standard InChI is InChI=1S/C19H22N2O3/c1-22-17-7-3-2-6-15(17)16-11-20-9-10-21(16)12-14-5-4-8-18-19(14)24-13-23-18/h2-8,16,20H,9-13H2,1H3. The Bertz CT molecular complexity index is 720. The molecule has 1 atom stereocenters. The lowest BCUT2D eigenvalue weighted by molar-refractivity contribution is 0.146. The Balaban J connectivity index is 1.62. The van der Waals surface area contributed by atoms with E-state index in [9.17, 15) is 0 Å². The van der Waals surface area contributed by atoms with Crippen LogP contribution in [0.1, 0.15) is 17.2 Å². The van der Waals surface area contributed by atoms with Gasteiger partial charge in [-0.05, 0) is 12.1 Å². The van der Waals surface area contributed by atoms with Gasteiger partial charge in [0.25, 0.3) is 0 Å². The second-order valence-corrected chi connectivity index (χ2v) is 6.08. The van der Waals surface area contributed by atoms with Crippen LogP contribution in [0.2, 0.25) is 0 Å². The van der Waals surface area contributed by atoms with Gasteiger partial charge in [0, 0.05) is 37.3 Å². The number of methoxy groups -OCH3 is 1. The number of ether oxygens (including phenoxy) is 3. The summed E-state index contributed by atoms with van der Waals surface area (Å²) in [6.45, 7) is 4.01. The molecule has 2 aromatic carbocycles. The molecule has 2 heterocycles. The lowest BCUT2D eigenvalue weighted by atomic mass is 10.0. The third-order valence-electron chi connectivity index (χ3n) is 4.70. The zero-order valence-corrected chi connectivity index (χ0v) is 13.8. The molecule has 2 aliphatic rings. The van der Waals surface area contributed by atoms with Crippen molar-refractivity contribution in [2.45, 2.75) is 12.6 Å². The lowest BCUT2D eigenvalue weighted by Gasteiger charge is -2.37. The molecule has 0 aromatic heterocycles.